The molecular formula is C12H13ClO3. The third kappa shape index (κ3) is 3.08. The van der Waals surface area contributed by atoms with Crippen LogP contribution in [0.1, 0.15) is 18.6 Å². The van der Waals surface area contributed by atoms with Crippen LogP contribution in [0.3, 0.4) is 0 Å². The molecule has 0 aromatic heterocycles. The van der Waals surface area contributed by atoms with Crippen LogP contribution in [-0.2, 0) is 9.53 Å². The lowest BCUT2D eigenvalue weighted by Gasteiger charge is -2.12. The minimum absolute atomic E-state index is 0.0178. The molecule has 0 saturated heterocycles. The van der Waals surface area contributed by atoms with Gasteiger partial charge in [0, 0.05) is 5.02 Å². The Hall–Kier alpha value is -1.32. The second kappa shape index (κ2) is 5.68. The maximum absolute atomic E-state index is 11.3. The van der Waals surface area contributed by atoms with Crippen molar-refractivity contribution in [1.29, 1.82) is 0 Å². The fourth-order valence-corrected chi connectivity index (χ4v) is 1.31. The highest BCUT2D eigenvalue weighted by molar-refractivity contribution is 6.30. The van der Waals surface area contributed by atoms with Gasteiger partial charge in [0.05, 0.1) is 12.2 Å². The number of rotatable bonds is 4. The topological polar surface area (TPSA) is 46.5 Å². The van der Waals surface area contributed by atoms with Gasteiger partial charge in [0.2, 0.25) is 0 Å². The molecule has 0 heterocycles. The summed E-state index contributed by atoms with van der Waals surface area (Å²) < 4.78 is 4.75. The zero-order chi connectivity index (χ0) is 12.1. The molecule has 1 N–H and O–H groups in total. The van der Waals surface area contributed by atoms with Crippen molar-refractivity contribution in [2.45, 2.75) is 13.0 Å². The molecule has 0 saturated carbocycles. The van der Waals surface area contributed by atoms with E-state index in [-0.39, 0.29) is 12.2 Å². The van der Waals surface area contributed by atoms with Crippen LogP contribution in [0.5, 0.6) is 0 Å². The summed E-state index contributed by atoms with van der Waals surface area (Å²) >= 11 is 5.71. The maximum atomic E-state index is 11.3. The predicted octanol–water partition coefficient (Wildman–Crippen LogP) is 2.49. The van der Waals surface area contributed by atoms with Crippen LogP contribution in [0.25, 0.3) is 0 Å². The van der Waals surface area contributed by atoms with Gasteiger partial charge >= 0.3 is 5.97 Å². The van der Waals surface area contributed by atoms with Gasteiger partial charge in [-0.3, -0.25) is 0 Å². The Morgan fingerprint density at radius 2 is 2.06 bits per heavy atom. The highest BCUT2D eigenvalue weighted by Crippen LogP contribution is 2.22. The van der Waals surface area contributed by atoms with E-state index in [0.29, 0.717) is 10.6 Å². The van der Waals surface area contributed by atoms with Crippen LogP contribution in [0.2, 0.25) is 5.02 Å². The summed E-state index contributed by atoms with van der Waals surface area (Å²) in [4.78, 5) is 11.3. The van der Waals surface area contributed by atoms with Gasteiger partial charge in [0.1, 0.15) is 6.10 Å². The van der Waals surface area contributed by atoms with E-state index in [1.165, 1.54) is 0 Å². The third-order valence-corrected chi connectivity index (χ3v) is 2.31. The zero-order valence-corrected chi connectivity index (χ0v) is 9.70. The number of aliphatic hydroxyl groups excluding tert-OH is 1. The molecule has 0 aliphatic heterocycles. The third-order valence-electron chi connectivity index (χ3n) is 2.05. The average Bonchev–Trinajstić information content (AvgIpc) is 2.28. The Morgan fingerprint density at radius 1 is 1.50 bits per heavy atom. The molecule has 0 fully saturated rings. The van der Waals surface area contributed by atoms with E-state index in [2.05, 4.69) is 6.58 Å². The maximum Gasteiger partial charge on any atom is 0.336 e. The van der Waals surface area contributed by atoms with Gasteiger partial charge in [-0.1, -0.05) is 30.3 Å². The van der Waals surface area contributed by atoms with E-state index in [0.717, 1.165) is 0 Å². The van der Waals surface area contributed by atoms with Crippen molar-refractivity contribution in [2.24, 2.45) is 0 Å². The molecular weight excluding hydrogens is 228 g/mol. The predicted molar refractivity (Wildman–Crippen MR) is 62.2 cm³/mol. The van der Waals surface area contributed by atoms with Crippen molar-refractivity contribution in [3.8, 4) is 0 Å². The first-order valence-electron chi connectivity index (χ1n) is 4.85. The Labute approximate surface area is 99.3 Å². The van der Waals surface area contributed by atoms with E-state index >= 15 is 0 Å². The number of ether oxygens (including phenoxy) is 1. The Balaban J connectivity index is 2.77. The van der Waals surface area contributed by atoms with E-state index in [4.69, 9.17) is 16.3 Å². The molecule has 0 aliphatic carbocycles. The lowest BCUT2D eigenvalue weighted by atomic mass is 10.0. The van der Waals surface area contributed by atoms with E-state index in [9.17, 15) is 9.90 Å². The van der Waals surface area contributed by atoms with Crippen molar-refractivity contribution in [3.63, 3.8) is 0 Å². The molecule has 1 atom stereocenters. The number of aliphatic hydroxyl groups is 1. The van der Waals surface area contributed by atoms with Crippen molar-refractivity contribution in [3.05, 3.63) is 47.0 Å². The van der Waals surface area contributed by atoms with E-state index in [1.54, 1.807) is 31.2 Å². The van der Waals surface area contributed by atoms with Crippen LogP contribution in [0.15, 0.2) is 36.4 Å². The molecule has 16 heavy (non-hydrogen) atoms. The fourth-order valence-electron chi connectivity index (χ4n) is 1.18. The Morgan fingerprint density at radius 3 is 2.56 bits per heavy atom. The van der Waals surface area contributed by atoms with Gasteiger partial charge in [-0.15, -0.1) is 0 Å². The molecule has 1 rings (SSSR count). The summed E-state index contributed by atoms with van der Waals surface area (Å²) in [5.41, 5.74) is 0.576. The van der Waals surface area contributed by atoms with Crippen molar-refractivity contribution in [1.82, 2.24) is 0 Å². The highest BCUT2D eigenvalue weighted by Gasteiger charge is 2.19. The Bertz CT molecular complexity index is 384. The summed E-state index contributed by atoms with van der Waals surface area (Å²) in [7, 11) is 0. The molecule has 0 unspecified atom stereocenters. The molecule has 0 bridgehead atoms. The summed E-state index contributed by atoms with van der Waals surface area (Å²) in [5.74, 6) is -0.593. The van der Waals surface area contributed by atoms with Gasteiger partial charge in [-0.05, 0) is 24.6 Å². The van der Waals surface area contributed by atoms with Crippen molar-refractivity contribution < 1.29 is 14.6 Å². The van der Waals surface area contributed by atoms with Gasteiger partial charge in [0.15, 0.2) is 0 Å². The number of carbonyl (C=O) groups excluding carboxylic acids is 1. The van der Waals surface area contributed by atoms with Crippen LogP contribution < -0.4 is 0 Å². The number of hydrogen-bond donors (Lipinski definition) is 1. The SMILES string of the molecule is C=C(C(=O)OCC)[C@@H](O)c1ccc(Cl)cc1. The van der Waals surface area contributed by atoms with Gasteiger partial charge in [-0.2, -0.15) is 0 Å². The van der Waals surface area contributed by atoms with Gasteiger partial charge in [0.25, 0.3) is 0 Å². The van der Waals surface area contributed by atoms with Crippen LogP contribution in [0.4, 0.5) is 0 Å². The lowest BCUT2D eigenvalue weighted by molar-refractivity contribution is -0.139. The number of hydrogen-bond acceptors (Lipinski definition) is 3. The fraction of sp³-hybridized carbons (Fsp3) is 0.250. The second-order valence-electron chi connectivity index (χ2n) is 3.20. The molecule has 86 valence electrons. The van der Waals surface area contributed by atoms with E-state index < -0.39 is 12.1 Å². The monoisotopic (exact) mass is 240 g/mol. The molecule has 1 aromatic rings. The Kier molecular flexibility index (Phi) is 4.52. The summed E-state index contributed by atoms with van der Waals surface area (Å²) in [6.07, 6.45) is -1.06. The normalized spacial score (nSPS) is 11.9. The van der Waals surface area contributed by atoms with Crippen molar-refractivity contribution in [2.75, 3.05) is 6.61 Å². The number of halogens is 1. The average molecular weight is 241 g/mol. The van der Waals surface area contributed by atoms with Gasteiger partial charge < -0.3 is 9.84 Å². The smallest absolute Gasteiger partial charge is 0.336 e. The first-order chi connectivity index (χ1) is 7.56. The summed E-state index contributed by atoms with van der Waals surface area (Å²) in [6, 6.07) is 6.55. The van der Waals surface area contributed by atoms with E-state index in [1.807, 2.05) is 0 Å². The zero-order valence-electron chi connectivity index (χ0n) is 8.94. The molecule has 3 nitrogen and oxygen atoms in total. The molecule has 0 radical (unpaired) electrons. The van der Waals surface area contributed by atoms with Crippen LogP contribution >= 0.6 is 11.6 Å². The minimum atomic E-state index is -1.06. The summed E-state index contributed by atoms with van der Waals surface area (Å²) in [5, 5.41) is 10.4. The first-order valence-corrected chi connectivity index (χ1v) is 5.23. The second-order valence-corrected chi connectivity index (χ2v) is 3.64. The number of carbonyl (C=O) groups is 1. The number of benzene rings is 1. The van der Waals surface area contributed by atoms with Gasteiger partial charge in [-0.25, -0.2) is 4.79 Å². The quantitative estimate of drug-likeness (QED) is 0.650. The highest BCUT2D eigenvalue weighted by atomic mass is 35.5. The molecule has 4 heteroatoms. The summed E-state index contributed by atoms with van der Waals surface area (Å²) in [6.45, 7) is 5.46. The molecule has 0 aliphatic rings. The molecule has 1 aromatic carbocycles. The number of esters is 1. The largest absolute Gasteiger partial charge is 0.463 e. The van der Waals surface area contributed by atoms with Crippen molar-refractivity contribution >= 4 is 17.6 Å². The molecule has 0 amide bonds. The van der Waals surface area contributed by atoms with Crippen LogP contribution in [0, 0.1) is 0 Å². The molecule has 0 spiro atoms. The lowest BCUT2D eigenvalue weighted by Crippen LogP contribution is -2.13. The standard InChI is InChI=1S/C12H13ClO3/c1-3-16-12(15)8(2)11(14)9-4-6-10(13)7-5-9/h4-7,11,14H,2-3H2,1H3/t11-/m1/s1. The minimum Gasteiger partial charge on any atom is -0.463 e. The first kappa shape index (κ1) is 12.7. The van der Waals surface area contributed by atoms with Crippen LogP contribution in [-0.4, -0.2) is 17.7 Å².